The predicted molar refractivity (Wildman–Crippen MR) is 96.2 cm³/mol. The van der Waals surface area contributed by atoms with Crippen LogP contribution in [0.2, 0.25) is 0 Å². The zero-order valence-corrected chi connectivity index (χ0v) is 13.7. The van der Waals surface area contributed by atoms with Gasteiger partial charge in [0, 0.05) is 5.92 Å². The van der Waals surface area contributed by atoms with Crippen molar-refractivity contribution in [3.05, 3.63) is 101 Å². The highest BCUT2D eigenvalue weighted by atomic mass is 16.5. The minimum Gasteiger partial charge on any atom is -0.497 e. The second kappa shape index (κ2) is 7.15. The van der Waals surface area contributed by atoms with Gasteiger partial charge in [-0.3, -0.25) is 0 Å². The summed E-state index contributed by atoms with van der Waals surface area (Å²) in [5.74, 6) is 1.12. The SMILES string of the molecule is CCc1ccc(C(c2ccccc2)c2cccc(OC)c2)cc1. The van der Waals surface area contributed by atoms with E-state index in [1.807, 2.05) is 6.07 Å². The van der Waals surface area contributed by atoms with Crippen LogP contribution in [-0.2, 0) is 6.42 Å². The molecule has 0 spiro atoms. The van der Waals surface area contributed by atoms with Crippen LogP contribution >= 0.6 is 0 Å². The summed E-state index contributed by atoms with van der Waals surface area (Å²) in [5, 5.41) is 0. The Morgan fingerprint density at radius 2 is 1.39 bits per heavy atom. The largest absolute Gasteiger partial charge is 0.497 e. The minimum absolute atomic E-state index is 0.220. The standard InChI is InChI=1S/C22H22O/c1-3-17-12-14-19(15-13-17)22(18-8-5-4-6-9-18)20-10-7-11-21(16-20)23-2/h4-16,22H,3H2,1-2H3. The topological polar surface area (TPSA) is 9.23 Å². The van der Waals surface area contributed by atoms with Gasteiger partial charge in [-0.15, -0.1) is 0 Å². The molecule has 1 atom stereocenters. The molecule has 0 radical (unpaired) electrons. The maximum Gasteiger partial charge on any atom is 0.119 e. The van der Waals surface area contributed by atoms with Crippen LogP contribution in [0.1, 0.15) is 35.1 Å². The third-order valence-electron chi connectivity index (χ3n) is 4.28. The Hall–Kier alpha value is -2.54. The lowest BCUT2D eigenvalue weighted by molar-refractivity contribution is 0.414. The Morgan fingerprint density at radius 3 is 2.04 bits per heavy atom. The molecule has 3 aromatic rings. The first-order chi connectivity index (χ1) is 11.3. The summed E-state index contributed by atoms with van der Waals surface area (Å²) in [4.78, 5) is 0. The van der Waals surface area contributed by atoms with Gasteiger partial charge in [0.1, 0.15) is 5.75 Å². The zero-order chi connectivity index (χ0) is 16.1. The molecule has 0 aliphatic carbocycles. The quantitative estimate of drug-likeness (QED) is 0.570. The summed E-state index contributed by atoms with van der Waals surface area (Å²) in [6, 6.07) is 28.0. The van der Waals surface area contributed by atoms with E-state index in [2.05, 4.69) is 79.7 Å². The van der Waals surface area contributed by atoms with Crippen molar-refractivity contribution in [1.82, 2.24) is 0 Å². The first-order valence-corrected chi connectivity index (χ1v) is 8.09. The van der Waals surface area contributed by atoms with Crippen molar-refractivity contribution in [3.8, 4) is 5.75 Å². The summed E-state index contributed by atoms with van der Waals surface area (Å²) in [6.07, 6.45) is 1.06. The van der Waals surface area contributed by atoms with E-state index >= 15 is 0 Å². The van der Waals surface area contributed by atoms with E-state index in [1.54, 1.807) is 7.11 Å². The van der Waals surface area contributed by atoms with Crippen LogP contribution in [0.4, 0.5) is 0 Å². The molecule has 1 unspecified atom stereocenters. The van der Waals surface area contributed by atoms with Gasteiger partial charge in [-0.25, -0.2) is 0 Å². The molecule has 1 nitrogen and oxygen atoms in total. The maximum absolute atomic E-state index is 5.41. The van der Waals surface area contributed by atoms with E-state index < -0.39 is 0 Å². The lowest BCUT2D eigenvalue weighted by Gasteiger charge is -2.20. The number of hydrogen-bond acceptors (Lipinski definition) is 1. The fourth-order valence-corrected chi connectivity index (χ4v) is 2.99. The molecule has 1 heteroatoms. The second-order valence-corrected chi connectivity index (χ2v) is 5.72. The molecule has 116 valence electrons. The molecule has 0 bridgehead atoms. The van der Waals surface area contributed by atoms with Gasteiger partial charge in [0.2, 0.25) is 0 Å². The number of rotatable bonds is 5. The summed E-state index contributed by atoms with van der Waals surface area (Å²) in [5.41, 5.74) is 5.22. The van der Waals surface area contributed by atoms with E-state index in [-0.39, 0.29) is 5.92 Å². The van der Waals surface area contributed by atoms with Crippen LogP contribution in [0.25, 0.3) is 0 Å². The van der Waals surface area contributed by atoms with Gasteiger partial charge in [0.05, 0.1) is 7.11 Å². The van der Waals surface area contributed by atoms with Crippen molar-refractivity contribution in [1.29, 1.82) is 0 Å². The van der Waals surface area contributed by atoms with Crippen LogP contribution in [0.5, 0.6) is 5.75 Å². The van der Waals surface area contributed by atoms with Gasteiger partial charge in [0.15, 0.2) is 0 Å². The number of methoxy groups -OCH3 is 1. The Labute approximate surface area is 138 Å². The lowest BCUT2D eigenvalue weighted by Crippen LogP contribution is -2.03. The molecule has 0 saturated heterocycles. The van der Waals surface area contributed by atoms with E-state index in [4.69, 9.17) is 4.74 Å². The Bertz CT molecular complexity index is 744. The molecular weight excluding hydrogens is 280 g/mol. The van der Waals surface area contributed by atoms with Crippen LogP contribution in [0.3, 0.4) is 0 Å². The minimum atomic E-state index is 0.220. The summed E-state index contributed by atoms with van der Waals surface area (Å²) >= 11 is 0. The molecule has 0 N–H and O–H groups in total. The molecule has 0 aliphatic heterocycles. The van der Waals surface area contributed by atoms with Gasteiger partial charge in [-0.1, -0.05) is 73.7 Å². The van der Waals surface area contributed by atoms with Crippen molar-refractivity contribution in [2.75, 3.05) is 7.11 Å². The average Bonchev–Trinajstić information content (AvgIpc) is 2.64. The van der Waals surface area contributed by atoms with Gasteiger partial charge >= 0.3 is 0 Å². The second-order valence-electron chi connectivity index (χ2n) is 5.72. The molecule has 23 heavy (non-hydrogen) atoms. The summed E-state index contributed by atoms with van der Waals surface area (Å²) in [6.45, 7) is 2.19. The third kappa shape index (κ3) is 3.45. The summed E-state index contributed by atoms with van der Waals surface area (Å²) in [7, 11) is 1.71. The summed E-state index contributed by atoms with van der Waals surface area (Å²) < 4.78 is 5.41. The lowest BCUT2D eigenvalue weighted by atomic mass is 9.85. The monoisotopic (exact) mass is 302 g/mol. The van der Waals surface area contributed by atoms with E-state index in [0.29, 0.717) is 0 Å². The molecule has 0 aromatic heterocycles. The molecule has 3 aromatic carbocycles. The van der Waals surface area contributed by atoms with Crippen molar-refractivity contribution in [2.45, 2.75) is 19.3 Å². The highest BCUT2D eigenvalue weighted by molar-refractivity contribution is 5.45. The number of ether oxygens (including phenoxy) is 1. The molecule has 0 amide bonds. The third-order valence-corrected chi connectivity index (χ3v) is 4.28. The van der Waals surface area contributed by atoms with Crippen molar-refractivity contribution in [2.24, 2.45) is 0 Å². The van der Waals surface area contributed by atoms with Crippen LogP contribution in [0, 0.1) is 0 Å². The average molecular weight is 302 g/mol. The molecular formula is C22H22O. The number of hydrogen-bond donors (Lipinski definition) is 0. The maximum atomic E-state index is 5.41. The number of aryl methyl sites for hydroxylation is 1. The van der Waals surface area contributed by atoms with E-state index in [1.165, 1.54) is 22.3 Å². The van der Waals surface area contributed by atoms with Gasteiger partial charge in [0.25, 0.3) is 0 Å². The first-order valence-electron chi connectivity index (χ1n) is 8.09. The Balaban J connectivity index is 2.09. The first kappa shape index (κ1) is 15.4. The van der Waals surface area contributed by atoms with Crippen LogP contribution in [-0.4, -0.2) is 7.11 Å². The van der Waals surface area contributed by atoms with Gasteiger partial charge < -0.3 is 4.74 Å². The van der Waals surface area contributed by atoms with Crippen LogP contribution < -0.4 is 4.74 Å². The molecule has 0 aliphatic rings. The highest BCUT2D eigenvalue weighted by Crippen LogP contribution is 2.33. The van der Waals surface area contributed by atoms with Crippen molar-refractivity contribution >= 4 is 0 Å². The molecule has 3 rings (SSSR count). The van der Waals surface area contributed by atoms with Crippen molar-refractivity contribution < 1.29 is 4.74 Å². The van der Waals surface area contributed by atoms with Crippen LogP contribution in [0.15, 0.2) is 78.9 Å². The van der Waals surface area contributed by atoms with Crippen molar-refractivity contribution in [3.63, 3.8) is 0 Å². The fraction of sp³-hybridized carbons (Fsp3) is 0.182. The predicted octanol–water partition coefficient (Wildman–Crippen LogP) is 5.44. The molecule has 0 heterocycles. The normalized spacial score (nSPS) is 11.9. The Morgan fingerprint density at radius 1 is 0.739 bits per heavy atom. The fourth-order valence-electron chi connectivity index (χ4n) is 2.99. The zero-order valence-electron chi connectivity index (χ0n) is 13.7. The van der Waals surface area contributed by atoms with E-state index in [0.717, 1.165) is 12.2 Å². The van der Waals surface area contributed by atoms with Gasteiger partial charge in [-0.05, 0) is 40.8 Å². The Kier molecular flexibility index (Phi) is 4.77. The smallest absolute Gasteiger partial charge is 0.119 e. The highest BCUT2D eigenvalue weighted by Gasteiger charge is 2.17. The number of benzene rings is 3. The van der Waals surface area contributed by atoms with E-state index in [9.17, 15) is 0 Å². The molecule has 0 saturated carbocycles. The van der Waals surface area contributed by atoms with Gasteiger partial charge in [-0.2, -0.15) is 0 Å². The molecule has 0 fully saturated rings.